The van der Waals surface area contributed by atoms with Crippen LogP contribution in [0.5, 0.6) is 5.75 Å². The van der Waals surface area contributed by atoms with E-state index in [0.29, 0.717) is 30.3 Å². The van der Waals surface area contributed by atoms with Gasteiger partial charge in [-0.2, -0.15) is 26.3 Å². The number of hydrogen-bond donors (Lipinski definition) is 2. The summed E-state index contributed by atoms with van der Waals surface area (Å²) in [6.07, 6.45) is -12.6. The maximum atomic E-state index is 13.9. The first-order valence-corrected chi connectivity index (χ1v) is 13.2. The van der Waals surface area contributed by atoms with Crippen molar-refractivity contribution >= 4 is 33.5 Å². The van der Waals surface area contributed by atoms with Crippen LogP contribution in [0.2, 0.25) is 0 Å². The summed E-state index contributed by atoms with van der Waals surface area (Å²) in [7, 11) is -4.90. The predicted molar refractivity (Wildman–Crippen MR) is 126 cm³/mol. The number of carboxylic acids is 1. The predicted octanol–water partition coefficient (Wildman–Crippen LogP) is 5.41. The molecule has 0 spiro atoms. The molecule has 0 bridgehead atoms. The quantitative estimate of drug-likeness (QED) is 0.418. The number of rotatable bonds is 6. The molecule has 1 heterocycles. The Bertz CT molecular complexity index is 1490. The van der Waals surface area contributed by atoms with E-state index in [0.717, 1.165) is 18.2 Å². The standard InChI is InChI=1S/C24H21F7N2O7S/c1-22(2,24(29,30)31)40-21(36)32-11-3-6-18-17(7-11)33(10-19(39-18)13-9-14(13)20(34)35)41(37,38)12-4-5-16(25)15(8-12)23(26,27)28/h3-8,13-14,19H,9-10H2,1-2H3,(H,32,36)(H,34,35)/t13-,14+,19+/m0/s1. The van der Waals surface area contributed by atoms with Crippen molar-refractivity contribution in [3.8, 4) is 5.75 Å². The number of aliphatic carboxylic acids is 1. The van der Waals surface area contributed by atoms with E-state index < -0.39 is 80.8 Å². The van der Waals surface area contributed by atoms with Crippen LogP contribution in [0.4, 0.5) is 46.9 Å². The number of ether oxygens (including phenoxy) is 2. The molecule has 224 valence electrons. The molecular weight excluding hydrogens is 593 g/mol. The van der Waals surface area contributed by atoms with E-state index in [1.54, 1.807) is 0 Å². The summed E-state index contributed by atoms with van der Waals surface area (Å²) in [5.41, 5.74) is -5.33. The summed E-state index contributed by atoms with van der Waals surface area (Å²) < 4.78 is 131. The lowest BCUT2D eigenvalue weighted by molar-refractivity contribution is -0.242. The van der Waals surface area contributed by atoms with Crippen LogP contribution in [-0.4, -0.2) is 50.0 Å². The molecule has 2 aliphatic rings. The minimum Gasteiger partial charge on any atom is -0.486 e. The topological polar surface area (TPSA) is 122 Å². The highest BCUT2D eigenvalue weighted by molar-refractivity contribution is 7.92. The molecule has 1 fully saturated rings. The molecule has 0 radical (unpaired) electrons. The number of nitrogens with zero attached hydrogens (tertiary/aromatic N) is 1. The Morgan fingerprint density at radius 2 is 1.73 bits per heavy atom. The van der Waals surface area contributed by atoms with Gasteiger partial charge in [0.2, 0.25) is 5.60 Å². The lowest BCUT2D eigenvalue weighted by Crippen LogP contribution is -2.45. The fraction of sp³-hybridized carbons (Fsp3) is 0.417. The molecule has 1 saturated carbocycles. The number of hydrogen-bond acceptors (Lipinski definition) is 6. The molecule has 0 saturated heterocycles. The molecule has 1 aliphatic carbocycles. The molecule has 9 nitrogen and oxygen atoms in total. The third-order valence-corrected chi connectivity index (χ3v) is 8.37. The first-order chi connectivity index (χ1) is 18.7. The van der Waals surface area contributed by atoms with E-state index in [4.69, 9.17) is 4.74 Å². The number of sulfonamides is 1. The molecule has 0 unspecified atom stereocenters. The van der Waals surface area contributed by atoms with E-state index in [-0.39, 0.29) is 29.6 Å². The van der Waals surface area contributed by atoms with Crippen LogP contribution in [0.3, 0.4) is 0 Å². The molecular formula is C24H21F7N2O7S. The highest BCUT2D eigenvalue weighted by Crippen LogP contribution is 2.48. The number of amides is 1. The first kappa shape index (κ1) is 30.2. The van der Waals surface area contributed by atoms with Gasteiger partial charge in [0.25, 0.3) is 10.0 Å². The van der Waals surface area contributed by atoms with Gasteiger partial charge in [-0.15, -0.1) is 0 Å². The number of alkyl halides is 6. The second kappa shape index (κ2) is 9.95. The third kappa shape index (κ3) is 5.99. The smallest absolute Gasteiger partial charge is 0.427 e. The average Bonchev–Trinajstić information content (AvgIpc) is 3.63. The second-order valence-corrected chi connectivity index (χ2v) is 11.7. The van der Waals surface area contributed by atoms with Crippen molar-refractivity contribution in [2.75, 3.05) is 16.2 Å². The number of carboxylic acid groups (broad SMARTS) is 1. The zero-order valence-electron chi connectivity index (χ0n) is 21.0. The summed E-state index contributed by atoms with van der Waals surface area (Å²) in [5, 5.41) is 11.3. The summed E-state index contributed by atoms with van der Waals surface area (Å²) in [5.74, 6) is -4.55. The zero-order chi connectivity index (χ0) is 30.7. The molecule has 2 N–H and O–H groups in total. The van der Waals surface area contributed by atoms with Gasteiger partial charge in [-0.3, -0.25) is 14.4 Å². The molecule has 1 aliphatic heterocycles. The van der Waals surface area contributed by atoms with Crippen molar-refractivity contribution in [2.45, 2.75) is 49.2 Å². The van der Waals surface area contributed by atoms with Gasteiger partial charge in [0, 0.05) is 11.6 Å². The van der Waals surface area contributed by atoms with E-state index in [2.05, 4.69) is 4.74 Å². The third-order valence-electron chi connectivity index (χ3n) is 6.59. The molecule has 3 atom stereocenters. The minimum absolute atomic E-state index is 0.102. The normalized spacial score (nSPS) is 21.0. The van der Waals surface area contributed by atoms with Gasteiger partial charge in [-0.05, 0) is 56.7 Å². The number of carbonyl (C=O) groups is 2. The molecule has 41 heavy (non-hydrogen) atoms. The van der Waals surface area contributed by atoms with Gasteiger partial charge in [-0.1, -0.05) is 0 Å². The van der Waals surface area contributed by atoms with Crippen LogP contribution in [-0.2, 0) is 25.7 Å². The highest BCUT2D eigenvalue weighted by Gasteiger charge is 2.53. The van der Waals surface area contributed by atoms with Gasteiger partial charge in [0.1, 0.15) is 17.7 Å². The van der Waals surface area contributed by atoms with Crippen LogP contribution in [0, 0.1) is 17.7 Å². The van der Waals surface area contributed by atoms with E-state index >= 15 is 0 Å². The first-order valence-electron chi connectivity index (χ1n) is 11.7. The minimum atomic E-state index is -5.23. The van der Waals surface area contributed by atoms with Crippen molar-refractivity contribution in [3.05, 3.63) is 47.8 Å². The lowest BCUT2D eigenvalue weighted by Gasteiger charge is -2.36. The molecule has 2 aromatic rings. The van der Waals surface area contributed by atoms with Crippen LogP contribution in [0.25, 0.3) is 0 Å². The zero-order valence-corrected chi connectivity index (χ0v) is 21.8. The number of anilines is 2. The Morgan fingerprint density at radius 3 is 2.29 bits per heavy atom. The van der Waals surface area contributed by atoms with Crippen LogP contribution < -0.4 is 14.4 Å². The number of benzene rings is 2. The van der Waals surface area contributed by atoms with Crippen LogP contribution in [0.15, 0.2) is 41.3 Å². The Labute approximate surface area is 227 Å². The Kier molecular flexibility index (Phi) is 7.33. The Hall–Kier alpha value is -3.76. The van der Waals surface area contributed by atoms with E-state index in [1.165, 1.54) is 0 Å². The number of fused-ring (bicyclic) bond motifs is 1. The van der Waals surface area contributed by atoms with Crippen molar-refractivity contribution in [1.29, 1.82) is 0 Å². The van der Waals surface area contributed by atoms with E-state index in [1.807, 2.05) is 5.32 Å². The molecule has 0 aromatic heterocycles. The van der Waals surface area contributed by atoms with Gasteiger partial charge < -0.3 is 14.6 Å². The van der Waals surface area contributed by atoms with Crippen molar-refractivity contribution in [1.82, 2.24) is 0 Å². The van der Waals surface area contributed by atoms with Crippen LogP contribution in [0.1, 0.15) is 25.8 Å². The van der Waals surface area contributed by atoms with Crippen molar-refractivity contribution in [3.63, 3.8) is 0 Å². The summed E-state index contributed by atoms with van der Waals surface area (Å²) in [6.45, 7) is 0.626. The van der Waals surface area contributed by atoms with Gasteiger partial charge in [0.05, 0.1) is 28.6 Å². The van der Waals surface area contributed by atoms with Gasteiger partial charge >= 0.3 is 24.4 Å². The summed E-state index contributed by atoms with van der Waals surface area (Å²) in [6, 6.07) is 4.28. The number of halogens is 7. The fourth-order valence-electron chi connectivity index (χ4n) is 4.15. The maximum absolute atomic E-state index is 13.9. The molecule has 1 amide bonds. The summed E-state index contributed by atoms with van der Waals surface area (Å²) >= 11 is 0. The monoisotopic (exact) mass is 614 g/mol. The Morgan fingerprint density at radius 1 is 1.07 bits per heavy atom. The van der Waals surface area contributed by atoms with Gasteiger partial charge in [0.15, 0.2) is 0 Å². The highest BCUT2D eigenvalue weighted by atomic mass is 32.2. The fourth-order valence-corrected chi connectivity index (χ4v) is 5.66. The van der Waals surface area contributed by atoms with Crippen molar-refractivity contribution < 1.29 is 63.3 Å². The molecule has 17 heteroatoms. The van der Waals surface area contributed by atoms with Gasteiger partial charge in [-0.25, -0.2) is 17.6 Å². The summed E-state index contributed by atoms with van der Waals surface area (Å²) in [4.78, 5) is 22.6. The Balaban J connectivity index is 1.72. The van der Waals surface area contributed by atoms with Crippen LogP contribution >= 0.6 is 0 Å². The SMILES string of the molecule is CC(C)(OC(=O)Nc1ccc2c(c1)N(S(=O)(=O)c1ccc(F)c(C(F)(F)F)c1)C[C@H]([C@H]1C[C@H]1C(=O)O)O2)C(F)(F)F. The van der Waals surface area contributed by atoms with E-state index in [9.17, 15) is 53.8 Å². The number of nitrogens with one attached hydrogen (secondary N) is 1. The number of carbonyl (C=O) groups excluding carboxylic acids is 1. The molecule has 2 aromatic carbocycles. The maximum Gasteiger partial charge on any atom is 0.427 e. The average molecular weight is 614 g/mol. The second-order valence-electron chi connectivity index (χ2n) is 9.88. The van der Waals surface area contributed by atoms with Crippen molar-refractivity contribution in [2.24, 2.45) is 11.8 Å². The largest absolute Gasteiger partial charge is 0.486 e. The lowest BCUT2D eigenvalue weighted by atomic mass is 10.1. The molecule has 4 rings (SSSR count).